The van der Waals surface area contributed by atoms with Crippen LogP contribution >= 0.6 is 0 Å². The second-order valence-corrected chi connectivity index (χ2v) is 2.12. The second-order valence-electron chi connectivity index (χ2n) is 2.12. The molecule has 0 spiro atoms. The molecule has 1 amide bonds. The Hall–Kier alpha value is -1.10. The maximum absolute atomic E-state index is 10.3. The van der Waals surface area contributed by atoms with Crippen molar-refractivity contribution < 1.29 is 14.7 Å². The van der Waals surface area contributed by atoms with Crippen molar-refractivity contribution in [3.8, 4) is 0 Å². The first-order valence-electron chi connectivity index (χ1n) is 3.32. The summed E-state index contributed by atoms with van der Waals surface area (Å²) in [7, 11) is 0. The van der Waals surface area contributed by atoms with E-state index in [0.717, 1.165) is 0 Å². The van der Waals surface area contributed by atoms with E-state index in [1.165, 1.54) is 6.92 Å². The Morgan fingerprint density at radius 2 is 2.09 bits per heavy atom. The number of hydrogen-bond donors (Lipinski definition) is 3. The molecule has 0 aliphatic rings. The molecular weight excluding hydrogens is 148 g/mol. The summed E-state index contributed by atoms with van der Waals surface area (Å²) in [6.45, 7) is 3.02. The number of carbonyl (C=O) groups is 2. The van der Waals surface area contributed by atoms with Crippen molar-refractivity contribution in [1.82, 2.24) is 10.9 Å². The zero-order valence-corrected chi connectivity index (χ0v) is 6.55. The van der Waals surface area contributed by atoms with E-state index in [1.54, 1.807) is 6.92 Å². The highest BCUT2D eigenvalue weighted by Crippen LogP contribution is 1.87. The molecule has 0 aliphatic carbocycles. The van der Waals surface area contributed by atoms with Gasteiger partial charge in [0.2, 0.25) is 5.91 Å². The van der Waals surface area contributed by atoms with Gasteiger partial charge in [-0.15, -0.1) is 0 Å². The predicted octanol–water partition coefficient (Wildman–Crippen LogP) is -0.510. The van der Waals surface area contributed by atoms with Gasteiger partial charge in [0.15, 0.2) is 0 Å². The molecule has 0 fully saturated rings. The fraction of sp³-hybridized carbons (Fsp3) is 0.667. The SMILES string of the molecule is CCC(NNC(C)=O)C(=O)O. The van der Waals surface area contributed by atoms with Gasteiger partial charge in [-0.3, -0.25) is 15.0 Å². The van der Waals surface area contributed by atoms with Gasteiger partial charge in [0, 0.05) is 6.92 Å². The number of nitrogens with one attached hydrogen (secondary N) is 2. The topological polar surface area (TPSA) is 78.4 Å². The first-order valence-corrected chi connectivity index (χ1v) is 3.32. The Bertz CT molecular complexity index is 158. The van der Waals surface area contributed by atoms with Crippen molar-refractivity contribution >= 4 is 11.9 Å². The number of rotatable bonds is 4. The van der Waals surface area contributed by atoms with Crippen LogP contribution in [0.15, 0.2) is 0 Å². The molecular formula is C6H12N2O3. The number of carboxylic acid groups (broad SMARTS) is 1. The lowest BCUT2D eigenvalue weighted by molar-refractivity contribution is -0.140. The lowest BCUT2D eigenvalue weighted by Gasteiger charge is -2.11. The summed E-state index contributed by atoms with van der Waals surface area (Å²) in [6, 6.07) is -0.709. The Morgan fingerprint density at radius 3 is 2.36 bits per heavy atom. The van der Waals surface area contributed by atoms with Crippen LogP contribution in [-0.4, -0.2) is 23.0 Å². The highest BCUT2D eigenvalue weighted by molar-refractivity contribution is 5.75. The number of hydrogen-bond acceptors (Lipinski definition) is 3. The molecule has 0 aromatic rings. The molecule has 0 aliphatic heterocycles. The molecule has 5 heteroatoms. The lowest BCUT2D eigenvalue weighted by atomic mass is 10.2. The van der Waals surface area contributed by atoms with Crippen LogP contribution in [-0.2, 0) is 9.59 Å². The van der Waals surface area contributed by atoms with Gasteiger partial charge in [-0.1, -0.05) is 6.92 Å². The molecule has 0 rings (SSSR count). The first kappa shape index (κ1) is 9.90. The van der Waals surface area contributed by atoms with E-state index in [0.29, 0.717) is 6.42 Å². The maximum Gasteiger partial charge on any atom is 0.322 e. The van der Waals surface area contributed by atoms with Crippen LogP contribution in [0.1, 0.15) is 20.3 Å². The molecule has 0 bridgehead atoms. The zero-order chi connectivity index (χ0) is 8.85. The molecule has 1 atom stereocenters. The minimum Gasteiger partial charge on any atom is -0.480 e. The van der Waals surface area contributed by atoms with Crippen LogP contribution in [0.25, 0.3) is 0 Å². The lowest BCUT2D eigenvalue weighted by Crippen LogP contribution is -2.46. The Balaban J connectivity index is 3.70. The van der Waals surface area contributed by atoms with Crippen molar-refractivity contribution in [2.24, 2.45) is 0 Å². The van der Waals surface area contributed by atoms with E-state index >= 15 is 0 Å². The molecule has 5 nitrogen and oxygen atoms in total. The zero-order valence-electron chi connectivity index (χ0n) is 6.55. The van der Waals surface area contributed by atoms with Gasteiger partial charge in [-0.05, 0) is 6.42 Å². The number of hydrazine groups is 1. The Morgan fingerprint density at radius 1 is 1.55 bits per heavy atom. The van der Waals surface area contributed by atoms with Crippen molar-refractivity contribution in [2.45, 2.75) is 26.3 Å². The van der Waals surface area contributed by atoms with Crippen molar-refractivity contribution in [3.63, 3.8) is 0 Å². The van der Waals surface area contributed by atoms with E-state index in [2.05, 4.69) is 10.9 Å². The van der Waals surface area contributed by atoms with Crippen molar-refractivity contribution in [1.29, 1.82) is 0 Å². The fourth-order valence-electron chi connectivity index (χ4n) is 0.527. The van der Waals surface area contributed by atoms with Gasteiger partial charge >= 0.3 is 5.97 Å². The molecule has 1 unspecified atom stereocenters. The molecule has 0 saturated heterocycles. The molecule has 3 N–H and O–H groups in total. The van der Waals surface area contributed by atoms with Gasteiger partial charge in [-0.25, -0.2) is 5.43 Å². The third-order valence-corrected chi connectivity index (χ3v) is 1.13. The maximum atomic E-state index is 10.3. The molecule has 0 aromatic heterocycles. The minimum absolute atomic E-state index is 0.301. The van der Waals surface area contributed by atoms with E-state index in [1.807, 2.05) is 0 Å². The van der Waals surface area contributed by atoms with Crippen LogP contribution < -0.4 is 10.9 Å². The van der Waals surface area contributed by atoms with Crippen LogP contribution in [0, 0.1) is 0 Å². The Labute approximate surface area is 64.8 Å². The number of amides is 1. The summed E-state index contributed by atoms with van der Waals surface area (Å²) in [6.07, 6.45) is 0.426. The van der Waals surface area contributed by atoms with Crippen molar-refractivity contribution in [3.05, 3.63) is 0 Å². The fourth-order valence-corrected chi connectivity index (χ4v) is 0.527. The van der Waals surface area contributed by atoms with Gasteiger partial charge in [-0.2, -0.15) is 0 Å². The molecule has 0 saturated carbocycles. The first-order chi connectivity index (χ1) is 5.07. The molecule has 11 heavy (non-hydrogen) atoms. The Kier molecular flexibility index (Phi) is 4.21. The largest absolute Gasteiger partial charge is 0.480 e. The van der Waals surface area contributed by atoms with Gasteiger partial charge < -0.3 is 5.11 Å². The van der Waals surface area contributed by atoms with E-state index in [-0.39, 0.29) is 5.91 Å². The van der Waals surface area contributed by atoms with E-state index in [9.17, 15) is 9.59 Å². The van der Waals surface area contributed by atoms with Crippen LogP contribution in [0.3, 0.4) is 0 Å². The van der Waals surface area contributed by atoms with E-state index in [4.69, 9.17) is 5.11 Å². The molecule has 64 valence electrons. The predicted molar refractivity (Wildman–Crippen MR) is 38.7 cm³/mol. The van der Waals surface area contributed by atoms with Gasteiger partial charge in [0.1, 0.15) is 6.04 Å². The summed E-state index contributed by atoms with van der Waals surface area (Å²) >= 11 is 0. The minimum atomic E-state index is -0.971. The monoisotopic (exact) mass is 160 g/mol. The van der Waals surface area contributed by atoms with Crippen LogP contribution in [0.4, 0.5) is 0 Å². The molecule has 0 aromatic carbocycles. The number of carboxylic acids is 1. The third-order valence-electron chi connectivity index (χ3n) is 1.13. The summed E-state index contributed by atoms with van der Waals surface area (Å²) in [5, 5.41) is 8.47. The normalized spacial score (nSPS) is 12.2. The van der Waals surface area contributed by atoms with E-state index < -0.39 is 12.0 Å². The average molecular weight is 160 g/mol. The second kappa shape index (κ2) is 4.68. The number of aliphatic carboxylic acids is 1. The molecule has 0 heterocycles. The molecule has 0 radical (unpaired) electrons. The third kappa shape index (κ3) is 4.32. The standard InChI is InChI=1S/C6H12N2O3/c1-3-5(6(10)11)8-7-4(2)9/h5,8H,3H2,1-2H3,(H,7,9)(H,10,11). The highest BCUT2D eigenvalue weighted by atomic mass is 16.4. The van der Waals surface area contributed by atoms with Crippen LogP contribution in [0.2, 0.25) is 0 Å². The van der Waals surface area contributed by atoms with Gasteiger partial charge in [0.25, 0.3) is 0 Å². The average Bonchev–Trinajstić information content (AvgIpc) is 1.87. The number of carbonyl (C=O) groups excluding carboxylic acids is 1. The van der Waals surface area contributed by atoms with Crippen LogP contribution in [0.5, 0.6) is 0 Å². The summed E-state index contributed by atoms with van der Waals surface area (Å²) < 4.78 is 0. The highest BCUT2D eigenvalue weighted by Gasteiger charge is 2.13. The quantitative estimate of drug-likeness (QED) is 0.484. The summed E-state index contributed by atoms with van der Waals surface area (Å²) in [5.41, 5.74) is 4.58. The smallest absolute Gasteiger partial charge is 0.322 e. The van der Waals surface area contributed by atoms with Gasteiger partial charge in [0.05, 0.1) is 0 Å². The summed E-state index contributed by atoms with van der Waals surface area (Å²) in [5.74, 6) is -1.27. The van der Waals surface area contributed by atoms with Crippen molar-refractivity contribution in [2.75, 3.05) is 0 Å². The summed E-state index contributed by atoms with van der Waals surface area (Å²) in [4.78, 5) is 20.6.